The van der Waals surface area contributed by atoms with E-state index >= 15 is 0 Å². The van der Waals surface area contributed by atoms with E-state index in [-0.39, 0.29) is 7.47 Å². The van der Waals surface area contributed by atoms with Gasteiger partial charge in [0, 0.05) is 32.0 Å². The summed E-state index contributed by atoms with van der Waals surface area (Å²) in [7, 11) is -3.08. The van der Waals surface area contributed by atoms with Crippen molar-refractivity contribution in [1.29, 1.82) is 0 Å². The van der Waals surface area contributed by atoms with Crippen molar-refractivity contribution in [2.45, 2.75) is 25.8 Å². The minimum absolute atomic E-state index is 0. The third-order valence-electron chi connectivity index (χ3n) is 3.43. The maximum absolute atomic E-state index is 11.4. The average Bonchev–Trinajstić information content (AvgIpc) is 2.40. The van der Waals surface area contributed by atoms with Gasteiger partial charge in [0.25, 0.3) is 0 Å². The standard InChI is InChI=1S/C13H20N4O2S.H2/c1-4-12-10(2)9-14-13(16-12)15-11-5-7-17(8-6-11)20(3,18)19;/h4,9,11H,2,5-8H2,1,3H3,(H,15,16);1H/b12-4-;. The number of hydrogen-bond acceptors (Lipinski definition) is 5. The molecule has 1 aliphatic heterocycles. The Morgan fingerprint density at radius 2 is 2.15 bits per heavy atom. The fourth-order valence-corrected chi connectivity index (χ4v) is 3.13. The van der Waals surface area contributed by atoms with Crippen molar-refractivity contribution in [1.82, 2.24) is 14.3 Å². The Morgan fingerprint density at radius 3 is 2.70 bits per heavy atom. The fourth-order valence-electron chi connectivity index (χ4n) is 2.25. The summed E-state index contributed by atoms with van der Waals surface area (Å²) in [4.78, 5) is 8.59. The van der Waals surface area contributed by atoms with Crippen LogP contribution in [-0.2, 0) is 10.0 Å². The van der Waals surface area contributed by atoms with Crippen LogP contribution in [0.3, 0.4) is 0 Å². The number of nitrogens with one attached hydrogen (secondary N) is 1. The lowest BCUT2D eigenvalue weighted by Crippen LogP contribution is -2.42. The summed E-state index contributed by atoms with van der Waals surface area (Å²) in [6, 6.07) is 0.202. The Hall–Kier alpha value is -1.47. The highest BCUT2D eigenvalue weighted by atomic mass is 32.2. The highest BCUT2D eigenvalue weighted by molar-refractivity contribution is 7.88. The molecule has 7 heteroatoms. The van der Waals surface area contributed by atoms with E-state index in [0.29, 0.717) is 19.0 Å². The summed E-state index contributed by atoms with van der Waals surface area (Å²) in [6.07, 6.45) is 6.35. The van der Waals surface area contributed by atoms with Gasteiger partial charge in [-0.15, -0.1) is 0 Å². The second-order valence-corrected chi connectivity index (χ2v) is 6.96. The first-order valence-electron chi connectivity index (χ1n) is 6.60. The van der Waals surface area contributed by atoms with Crippen LogP contribution in [0, 0.1) is 0 Å². The third-order valence-corrected chi connectivity index (χ3v) is 4.73. The van der Waals surface area contributed by atoms with Gasteiger partial charge in [-0.25, -0.2) is 22.7 Å². The van der Waals surface area contributed by atoms with Gasteiger partial charge in [0.2, 0.25) is 16.0 Å². The molecule has 2 rings (SSSR count). The smallest absolute Gasteiger partial charge is 0.223 e. The molecule has 0 amide bonds. The highest BCUT2D eigenvalue weighted by Gasteiger charge is 2.25. The largest absolute Gasteiger partial charge is 0.351 e. The summed E-state index contributed by atoms with van der Waals surface area (Å²) in [6.45, 7) is 6.84. The lowest BCUT2D eigenvalue weighted by molar-refractivity contribution is 0.331. The Balaban J connectivity index is 0.00000220. The highest BCUT2D eigenvalue weighted by Crippen LogP contribution is 2.15. The van der Waals surface area contributed by atoms with Crippen LogP contribution in [0.5, 0.6) is 0 Å². The van der Waals surface area contributed by atoms with Crippen LogP contribution in [0.15, 0.2) is 6.20 Å². The van der Waals surface area contributed by atoms with Crippen molar-refractivity contribution < 1.29 is 9.84 Å². The SMILES string of the molecule is C=c1cnc(NC2CCN(S(C)(=O)=O)CC2)n/c1=C\C.[HH]. The van der Waals surface area contributed by atoms with Crippen molar-refractivity contribution in [3.8, 4) is 0 Å². The molecule has 0 atom stereocenters. The second-order valence-electron chi connectivity index (χ2n) is 4.97. The summed E-state index contributed by atoms with van der Waals surface area (Å²) in [5.41, 5.74) is 0. The Morgan fingerprint density at radius 1 is 1.50 bits per heavy atom. The molecule has 0 unspecified atom stereocenters. The van der Waals surface area contributed by atoms with Gasteiger partial charge in [-0.1, -0.05) is 12.7 Å². The molecule has 1 aliphatic rings. The number of aromatic nitrogens is 2. The zero-order valence-corrected chi connectivity index (χ0v) is 12.7. The molecule has 112 valence electrons. The Kier molecular flexibility index (Phi) is 4.39. The van der Waals surface area contributed by atoms with Crippen LogP contribution in [0.2, 0.25) is 0 Å². The number of nitrogens with zero attached hydrogens (tertiary/aromatic N) is 3. The molecule has 0 saturated carbocycles. The van der Waals surface area contributed by atoms with E-state index in [1.807, 2.05) is 13.0 Å². The molecular weight excluding hydrogens is 276 g/mol. The summed E-state index contributed by atoms with van der Waals surface area (Å²) in [5.74, 6) is 0.573. The number of sulfonamides is 1. The van der Waals surface area contributed by atoms with Gasteiger partial charge in [0.15, 0.2) is 0 Å². The van der Waals surface area contributed by atoms with Gasteiger partial charge in [0.05, 0.1) is 11.6 Å². The molecule has 0 aliphatic carbocycles. The first-order chi connectivity index (χ1) is 9.40. The monoisotopic (exact) mass is 298 g/mol. The molecular formula is C13H22N4O2S. The second kappa shape index (κ2) is 5.88. The van der Waals surface area contributed by atoms with Gasteiger partial charge >= 0.3 is 0 Å². The van der Waals surface area contributed by atoms with Crippen molar-refractivity contribution in [3.63, 3.8) is 0 Å². The molecule has 1 aromatic rings. The van der Waals surface area contributed by atoms with Crippen LogP contribution in [-0.4, -0.2) is 48.1 Å². The van der Waals surface area contributed by atoms with Crippen LogP contribution in [0.1, 0.15) is 21.2 Å². The predicted octanol–water partition coefficient (Wildman–Crippen LogP) is -0.231. The Labute approximate surface area is 120 Å². The van der Waals surface area contributed by atoms with Crippen molar-refractivity contribution in [2.75, 3.05) is 24.7 Å². The molecule has 1 saturated heterocycles. The van der Waals surface area contributed by atoms with Crippen molar-refractivity contribution >= 4 is 28.6 Å². The molecule has 20 heavy (non-hydrogen) atoms. The van der Waals surface area contributed by atoms with Gasteiger partial charge in [-0.3, -0.25) is 0 Å². The maximum Gasteiger partial charge on any atom is 0.223 e. The van der Waals surface area contributed by atoms with Crippen LogP contribution < -0.4 is 15.9 Å². The van der Waals surface area contributed by atoms with Gasteiger partial charge in [-0.05, 0) is 19.8 Å². The quantitative estimate of drug-likeness (QED) is 0.834. The number of anilines is 1. The maximum atomic E-state index is 11.4. The first kappa shape index (κ1) is 14.9. The first-order valence-corrected chi connectivity index (χ1v) is 8.45. The van der Waals surface area contributed by atoms with Crippen molar-refractivity contribution in [2.24, 2.45) is 0 Å². The van der Waals surface area contributed by atoms with E-state index < -0.39 is 10.0 Å². The molecule has 0 bridgehead atoms. The lowest BCUT2D eigenvalue weighted by atomic mass is 10.1. The molecule has 0 aromatic carbocycles. The van der Waals surface area contributed by atoms with E-state index in [1.54, 1.807) is 6.20 Å². The molecule has 2 heterocycles. The van der Waals surface area contributed by atoms with Crippen LogP contribution in [0.25, 0.3) is 12.7 Å². The van der Waals surface area contributed by atoms with Gasteiger partial charge in [0.1, 0.15) is 0 Å². The normalized spacial score (nSPS) is 19.2. The van der Waals surface area contributed by atoms with E-state index in [0.717, 1.165) is 23.4 Å². The molecule has 1 fully saturated rings. The lowest BCUT2D eigenvalue weighted by Gasteiger charge is -2.30. The fraction of sp³-hybridized carbons (Fsp3) is 0.538. The molecule has 6 nitrogen and oxygen atoms in total. The van der Waals surface area contributed by atoms with E-state index in [4.69, 9.17) is 0 Å². The summed E-state index contributed by atoms with van der Waals surface area (Å²) in [5, 5.41) is 4.88. The third kappa shape index (κ3) is 3.55. The zero-order valence-electron chi connectivity index (χ0n) is 11.8. The van der Waals surface area contributed by atoms with E-state index in [9.17, 15) is 8.42 Å². The van der Waals surface area contributed by atoms with E-state index in [2.05, 4.69) is 21.9 Å². The zero-order chi connectivity index (χ0) is 14.8. The molecule has 1 aromatic heterocycles. The average molecular weight is 298 g/mol. The minimum atomic E-state index is -3.08. The summed E-state index contributed by atoms with van der Waals surface area (Å²) < 4.78 is 24.4. The van der Waals surface area contributed by atoms with Crippen LogP contribution in [0.4, 0.5) is 5.95 Å². The Bertz CT molecular complexity index is 685. The molecule has 1 N–H and O–H groups in total. The van der Waals surface area contributed by atoms with Crippen LogP contribution >= 0.6 is 0 Å². The topological polar surface area (TPSA) is 75.2 Å². The molecule has 0 radical (unpaired) electrons. The molecule has 0 spiro atoms. The van der Waals surface area contributed by atoms with Gasteiger partial charge in [-0.2, -0.15) is 0 Å². The summed E-state index contributed by atoms with van der Waals surface area (Å²) >= 11 is 0. The predicted molar refractivity (Wildman–Crippen MR) is 82.1 cm³/mol. The van der Waals surface area contributed by atoms with E-state index in [1.165, 1.54) is 10.6 Å². The van der Waals surface area contributed by atoms with Crippen molar-refractivity contribution in [3.05, 3.63) is 16.8 Å². The number of rotatable bonds is 3. The minimum Gasteiger partial charge on any atom is -0.351 e. The van der Waals surface area contributed by atoms with Gasteiger partial charge < -0.3 is 5.32 Å². The number of piperidine rings is 1. The number of hydrogen-bond donors (Lipinski definition) is 1.